The molecule has 1 heterocycles. The molecule has 1 aromatic heterocycles. The van der Waals surface area contributed by atoms with Gasteiger partial charge in [0.05, 0.1) is 6.42 Å². The van der Waals surface area contributed by atoms with Crippen molar-refractivity contribution in [1.29, 1.82) is 0 Å². The normalized spacial score (nSPS) is 11.6. The van der Waals surface area contributed by atoms with E-state index in [1.807, 2.05) is 24.3 Å². The number of rotatable bonds is 3. The molecule has 0 aliphatic heterocycles. The van der Waals surface area contributed by atoms with E-state index in [0.29, 0.717) is 6.42 Å². The van der Waals surface area contributed by atoms with Gasteiger partial charge in [-0.15, -0.1) is 0 Å². The van der Waals surface area contributed by atoms with E-state index in [0.717, 1.165) is 17.1 Å². The second kappa shape index (κ2) is 5.04. The zero-order valence-electron chi connectivity index (χ0n) is 12.0. The number of carbonyl (C=O) groups is 1. The number of hydrogen-bond acceptors (Lipinski definition) is 2. The lowest BCUT2D eigenvalue weighted by Gasteiger charge is -2.21. The van der Waals surface area contributed by atoms with Crippen molar-refractivity contribution in [3.63, 3.8) is 0 Å². The summed E-state index contributed by atoms with van der Waals surface area (Å²) in [5.41, 5.74) is 2.41. The first-order valence-corrected chi connectivity index (χ1v) is 6.56. The highest BCUT2D eigenvalue weighted by Gasteiger charge is 2.19. The third-order valence-electron chi connectivity index (χ3n) is 3.09. The van der Waals surface area contributed by atoms with E-state index in [2.05, 4.69) is 32.9 Å². The average Bonchev–Trinajstić information content (AvgIpc) is 2.75. The second-order valence-corrected chi connectivity index (χ2v) is 5.94. The van der Waals surface area contributed by atoms with Gasteiger partial charge in [-0.2, -0.15) is 0 Å². The predicted molar refractivity (Wildman–Crippen MR) is 77.2 cm³/mol. The maximum absolute atomic E-state index is 11.1. The maximum atomic E-state index is 11.1. The van der Waals surface area contributed by atoms with E-state index in [1.54, 1.807) is 6.92 Å². The predicted octanol–water partition coefficient (Wildman–Crippen LogP) is 4.38. The van der Waals surface area contributed by atoms with E-state index < -0.39 is 0 Å². The van der Waals surface area contributed by atoms with Gasteiger partial charge in [-0.3, -0.25) is 4.79 Å². The van der Waals surface area contributed by atoms with Crippen LogP contribution in [0, 0.1) is 0 Å². The largest absolute Gasteiger partial charge is 0.461 e. The minimum absolute atomic E-state index is 0.0596. The zero-order valence-corrected chi connectivity index (χ0v) is 12.0. The summed E-state index contributed by atoms with van der Waals surface area (Å²) in [6.45, 7) is 8.13. The highest BCUT2D eigenvalue weighted by Crippen LogP contribution is 2.33. The molecule has 0 fully saturated rings. The lowest BCUT2D eigenvalue weighted by Crippen LogP contribution is -2.12. The molecule has 0 spiro atoms. The summed E-state index contributed by atoms with van der Waals surface area (Å²) in [5.74, 6) is 1.68. The Balaban J connectivity index is 2.42. The zero-order chi connectivity index (χ0) is 14.0. The van der Waals surface area contributed by atoms with Crippen LogP contribution in [0.3, 0.4) is 0 Å². The molecule has 1 aromatic carbocycles. The van der Waals surface area contributed by atoms with E-state index in [1.165, 1.54) is 5.56 Å². The van der Waals surface area contributed by atoms with E-state index in [4.69, 9.17) is 4.42 Å². The molecule has 2 rings (SSSR count). The molecule has 0 aliphatic rings. The van der Waals surface area contributed by atoms with Gasteiger partial charge in [0, 0.05) is 5.56 Å². The lowest BCUT2D eigenvalue weighted by molar-refractivity contribution is -0.116. The fourth-order valence-corrected chi connectivity index (χ4v) is 2.22. The van der Waals surface area contributed by atoms with Crippen molar-refractivity contribution in [1.82, 2.24) is 0 Å². The summed E-state index contributed by atoms with van der Waals surface area (Å²) in [4.78, 5) is 11.1. The van der Waals surface area contributed by atoms with Crippen LogP contribution in [0.25, 0.3) is 11.3 Å². The SMILES string of the molecule is CC(=O)Cc1ccc(-c2ccccc2C(C)(C)C)o1. The molecule has 0 aliphatic carbocycles. The van der Waals surface area contributed by atoms with Gasteiger partial charge >= 0.3 is 0 Å². The Morgan fingerprint density at radius 1 is 1.11 bits per heavy atom. The quantitative estimate of drug-likeness (QED) is 0.816. The third kappa shape index (κ3) is 3.14. The van der Waals surface area contributed by atoms with Gasteiger partial charge in [-0.25, -0.2) is 0 Å². The fourth-order valence-electron chi connectivity index (χ4n) is 2.22. The van der Waals surface area contributed by atoms with Gasteiger partial charge in [0.15, 0.2) is 0 Å². The molecule has 2 nitrogen and oxygen atoms in total. The van der Waals surface area contributed by atoms with E-state index >= 15 is 0 Å². The summed E-state index contributed by atoms with van der Waals surface area (Å²) in [7, 11) is 0. The van der Waals surface area contributed by atoms with E-state index in [9.17, 15) is 4.79 Å². The first kappa shape index (κ1) is 13.6. The van der Waals surface area contributed by atoms with E-state index in [-0.39, 0.29) is 11.2 Å². The van der Waals surface area contributed by atoms with Crippen LogP contribution >= 0.6 is 0 Å². The van der Waals surface area contributed by atoms with Gasteiger partial charge in [0.25, 0.3) is 0 Å². The van der Waals surface area contributed by atoms with Gasteiger partial charge in [-0.05, 0) is 30.0 Å². The highest BCUT2D eigenvalue weighted by atomic mass is 16.3. The van der Waals surface area contributed by atoms with Gasteiger partial charge in [0.2, 0.25) is 0 Å². The topological polar surface area (TPSA) is 30.2 Å². The highest BCUT2D eigenvalue weighted by molar-refractivity contribution is 5.77. The molecule has 0 amide bonds. The molecule has 0 saturated carbocycles. The molecular weight excluding hydrogens is 236 g/mol. The lowest BCUT2D eigenvalue weighted by atomic mass is 9.83. The molecule has 0 unspecified atom stereocenters. The first-order chi connectivity index (χ1) is 8.88. The fraction of sp³-hybridized carbons (Fsp3) is 0.353. The summed E-state index contributed by atoms with van der Waals surface area (Å²) < 4.78 is 5.80. The van der Waals surface area contributed by atoms with Crippen molar-refractivity contribution >= 4 is 5.78 Å². The van der Waals surface area contributed by atoms with Crippen LogP contribution in [0.2, 0.25) is 0 Å². The summed E-state index contributed by atoms with van der Waals surface area (Å²) in [5, 5.41) is 0. The average molecular weight is 256 g/mol. The minimum Gasteiger partial charge on any atom is -0.461 e. The molecule has 0 bridgehead atoms. The molecule has 19 heavy (non-hydrogen) atoms. The number of furan rings is 1. The van der Waals surface area contributed by atoms with Crippen molar-refractivity contribution in [2.45, 2.75) is 39.5 Å². The standard InChI is InChI=1S/C17H20O2/c1-12(18)11-13-9-10-16(19-13)14-7-5-6-8-15(14)17(2,3)4/h5-10H,11H2,1-4H3. The number of ketones is 1. The molecule has 2 heteroatoms. The molecule has 100 valence electrons. The number of Topliss-reactive ketones (excluding diaryl/α,β-unsaturated/α-hetero) is 1. The number of carbonyl (C=O) groups excluding carboxylic acids is 1. The van der Waals surface area contributed by atoms with Crippen LogP contribution in [0.4, 0.5) is 0 Å². The van der Waals surface area contributed by atoms with Crippen molar-refractivity contribution < 1.29 is 9.21 Å². The first-order valence-electron chi connectivity index (χ1n) is 6.56. The molecule has 0 radical (unpaired) electrons. The van der Waals surface area contributed by atoms with Crippen LogP contribution in [0.15, 0.2) is 40.8 Å². The van der Waals surface area contributed by atoms with Gasteiger partial charge < -0.3 is 4.42 Å². The number of hydrogen-bond donors (Lipinski definition) is 0. The van der Waals surface area contributed by atoms with Crippen LogP contribution in [-0.4, -0.2) is 5.78 Å². The molecule has 0 saturated heterocycles. The Labute approximate surface area is 114 Å². The van der Waals surface area contributed by atoms with Crippen LogP contribution in [0.5, 0.6) is 0 Å². The Kier molecular flexibility index (Phi) is 3.61. The minimum atomic E-state index is 0.0596. The van der Waals surface area contributed by atoms with Crippen molar-refractivity contribution in [3.8, 4) is 11.3 Å². The van der Waals surface area contributed by atoms with Gasteiger partial charge in [-0.1, -0.05) is 45.0 Å². The smallest absolute Gasteiger partial charge is 0.137 e. The number of benzene rings is 1. The summed E-state index contributed by atoms with van der Waals surface area (Å²) >= 11 is 0. The maximum Gasteiger partial charge on any atom is 0.137 e. The van der Waals surface area contributed by atoms with Crippen molar-refractivity contribution in [2.24, 2.45) is 0 Å². The summed E-state index contributed by atoms with van der Waals surface area (Å²) in [6, 6.07) is 12.1. The Hall–Kier alpha value is -1.83. The summed E-state index contributed by atoms with van der Waals surface area (Å²) in [6.07, 6.45) is 0.359. The van der Waals surface area contributed by atoms with Crippen molar-refractivity contribution in [2.75, 3.05) is 0 Å². The molecule has 2 aromatic rings. The van der Waals surface area contributed by atoms with Crippen LogP contribution in [0.1, 0.15) is 39.0 Å². The Bertz CT molecular complexity index is 585. The molecule has 0 atom stereocenters. The second-order valence-electron chi connectivity index (χ2n) is 5.94. The van der Waals surface area contributed by atoms with Crippen LogP contribution in [-0.2, 0) is 16.6 Å². The monoisotopic (exact) mass is 256 g/mol. The molecular formula is C17H20O2. The van der Waals surface area contributed by atoms with Crippen LogP contribution < -0.4 is 0 Å². The molecule has 0 N–H and O–H groups in total. The van der Waals surface area contributed by atoms with Gasteiger partial charge in [0.1, 0.15) is 17.3 Å². The third-order valence-corrected chi connectivity index (χ3v) is 3.09. The Morgan fingerprint density at radius 2 is 1.79 bits per heavy atom. The Morgan fingerprint density at radius 3 is 2.42 bits per heavy atom. The van der Waals surface area contributed by atoms with Crippen molar-refractivity contribution in [3.05, 3.63) is 47.7 Å².